The van der Waals surface area contributed by atoms with Gasteiger partial charge in [-0.15, -0.1) is 0 Å². The van der Waals surface area contributed by atoms with E-state index in [2.05, 4.69) is 15.9 Å². The highest BCUT2D eigenvalue weighted by Gasteiger charge is 2.26. The van der Waals surface area contributed by atoms with Gasteiger partial charge in [-0.05, 0) is 42.9 Å². The van der Waals surface area contributed by atoms with Gasteiger partial charge in [0.15, 0.2) is 0 Å². The fraction of sp³-hybridized carbons (Fsp3) is 0.571. The van der Waals surface area contributed by atoms with Crippen LogP contribution in [0.3, 0.4) is 0 Å². The number of ether oxygens (including phenoxy) is 1. The zero-order valence-electron chi connectivity index (χ0n) is 11.3. The number of rotatable bonds is 6. The average molecular weight is 343 g/mol. The zero-order valence-corrected chi connectivity index (χ0v) is 12.8. The summed E-state index contributed by atoms with van der Waals surface area (Å²) in [6.07, 6.45) is 3.62. The number of benzene rings is 1. The van der Waals surface area contributed by atoms with E-state index in [4.69, 9.17) is 10.5 Å². The van der Waals surface area contributed by atoms with Crippen LogP contribution in [0.15, 0.2) is 22.7 Å². The van der Waals surface area contributed by atoms with Gasteiger partial charge in [0.1, 0.15) is 0 Å². The maximum Gasteiger partial charge on any atom is 0.270 e. The number of halogens is 1. The molecule has 1 saturated carbocycles. The molecule has 2 unspecified atom stereocenters. The van der Waals surface area contributed by atoms with Gasteiger partial charge in [0.05, 0.1) is 18.1 Å². The Bertz CT molecular complexity index is 481. The molecule has 0 saturated heterocycles. The van der Waals surface area contributed by atoms with Crippen LogP contribution in [0.1, 0.15) is 24.8 Å². The van der Waals surface area contributed by atoms with E-state index in [9.17, 15) is 10.1 Å². The van der Waals surface area contributed by atoms with Crippen molar-refractivity contribution in [2.24, 2.45) is 17.6 Å². The Hall–Kier alpha value is -0.980. The Kier molecular flexibility index (Phi) is 5.51. The predicted octanol–water partition coefficient (Wildman–Crippen LogP) is 3.25. The number of nitro groups is 1. The Morgan fingerprint density at radius 2 is 2.15 bits per heavy atom. The summed E-state index contributed by atoms with van der Waals surface area (Å²) in [5.41, 5.74) is 6.76. The lowest BCUT2D eigenvalue weighted by Gasteiger charge is -2.17. The first kappa shape index (κ1) is 15.4. The summed E-state index contributed by atoms with van der Waals surface area (Å²) in [6.45, 7) is 1.91. The van der Waals surface area contributed by atoms with E-state index in [1.54, 1.807) is 6.07 Å². The molecule has 2 N–H and O–H groups in total. The van der Waals surface area contributed by atoms with Crippen molar-refractivity contribution >= 4 is 21.6 Å². The summed E-state index contributed by atoms with van der Waals surface area (Å²) < 4.78 is 6.48. The van der Waals surface area contributed by atoms with Gasteiger partial charge in [0.2, 0.25) is 0 Å². The van der Waals surface area contributed by atoms with E-state index in [0.717, 1.165) is 12.1 Å². The number of hydrogen-bond donors (Lipinski definition) is 1. The van der Waals surface area contributed by atoms with Gasteiger partial charge in [-0.3, -0.25) is 10.1 Å². The molecule has 2 rings (SSSR count). The van der Waals surface area contributed by atoms with Gasteiger partial charge in [0.25, 0.3) is 5.69 Å². The van der Waals surface area contributed by atoms with Crippen molar-refractivity contribution in [3.63, 3.8) is 0 Å². The van der Waals surface area contributed by atoms with Crippen LogP contribution in [0.2, 0.25) is 0 Å². The first-order valence-corrected chi connectivity index (χ1v) is 7.61. The average Bonchev–Trinajstić information content (AvgIpc) is 2.87. The maximum absolute atomic E-state index is 10.7. The molecular weight excluding hydrogens is 324 g/mol. The summed E-state index contributed by atoms with van der Waals surface area (Å²) in [6, 6.07) is 4.75. The second-order valence-electron chi connectivity index (χ2n) is 5.23. The van der Waals surface area contributed by atoms with E-state index >= 15 is 0 Å². The third-order valence-corrected chi connectivity index (χ3v) is 4.69. The smallest absolute Gasteiger partial charge is 0.270 e. The summed E-state index contributed by atoms with van der Waals surface area (Å²) in [5, 5.41) is 10.7. The number of hydrogen-bond acceptors (Lipinski definition) is 4. The van der Waals surface area contributed by atoms with E-state index < -0.39 is 4.92 Å². The van der Waals surface area contributed by atoms with Gasteiger partial charge >= 0.3 is 0 Å². The molecular formula is C14H19BrN2O3. The summed E-state index contributed by atoms with van der Waals surface area (Å²) in [4.78, 5) is 10.3. The number of non-ortho nitro benzene ring substituents is 1. The zero-order chi connectivity index (χ0) is 14.5. The van der Waals surface area contributed by atoms with Crippen LogP contribution in [0.4, 0.5) is 5.69 Å². The number of nitro benzene ring substituents is 1. The Morgan fingerprint density at radius 3 is 2.80 bits per heavy atom. The van der Waals surface area contributed by atoms with Crippen LogP contribution in [0.5, 0.6) is 0 Å². The minimum atomic E-state index is -0.403. The molecule has 1 fully saturated rings. The maximum atomic E-state index is 10.7. The van der Waals surface area contributed by atoms with Gasteiger partial charge in [-0.25, -0.2) is 0 Å². The quantitative estimate of drug-likeness (QED) is 0.635. The van der Waals surface area contributed by atoms with Crippen molar-refractivity contribution in [1.29, 1.82) is 0 Å². The van der Waals surface area contributed by atoms with E-state index in [1.807, 2.05) is 0 Å². The lowest BCUT2D eigenvalue weighted by Crippen LogP contribution is -2.22. The second kappa shape index (κ2) is 7.15. The van der Waals surface area contributed by atoms with Gasteiger partial charge in [-0.1, -0.05) is 22.4 Å². The topological polar surface area (TPSA) is 78.4 Å². The van der Waals surface area contributed by atoms with Gasteiger partial charge in [-0.2, -0.15) is 0 Å². The Labute approximate surface area is 126 Å². The largest absolute Gasteiger partial charge is 0.376 e. The standard InChI is InChI=1S/C14H19BrN2O3/c15-14-6-13(17(18)19)5-4-12(14)9-20-8-11-3-1-2-10(11)7-16/h4-6,10-11H,1-3,7-9,16H2. The van der Waals surface area contributed by atoms with E-state index in [-0.39, 0.29) is 5.69 Å². The third-order valence-electron chi connectivity index (χ3n) is 3.96. The second-order valence-corrected chi connectivity index (χ2v) is 6.09. The van der Waals surface area contributed by atoms with Crippen LogP contribution in [0, 0.1) is 22.0 Å². The molecule has 110 valence electrons. The molecule has 0 aliphatic heterocycles. The monoisotopic (exact) mass is 342 g/mol. The van der Waals surface area contributed by atoms with Crippen LogP contribution >= 0.6 is 15.9 Å². The molecule has 2 atom stereocenters. The molecule has 0 bridgehead atoms. The third kappa shape index (κ3) is 3.77. The molecule has 1 aromatic rings. The summed E-state index contributed by atoms with van der Waals surface area (Å²) >= 11 is 3.35. The highest BCUT2D eigenvalue weighted by atomic mass is 79.9. The van der Waals surface area contributed by atoms with Crippen molar-refractivity contribution < 1.29 is 9.66 Å². The first-order chi connectivity index (χ1) is 9.61. The van der Waals surface area contributed by atoms with Crippen molar-refractivity contribution in [2.45, 2.75) is 25.9 Å². The van der Waals surface area contributed by atoms with Crippen LogP contribution in [-0.4, -0.2) is 18.1 Å². The molecule has 0 spiro atoms. The van der Waals surface area contributed by atoms with E-state index in [0.29, 0.717) is 29.5 Å². The minimum absolute atomic E-state index is 0.0830. The van der Waals surface area contributed by atoms with Crippen LogP contribution in [0.25, 0.3) is 0 Å². The molecule has 6 heteroatoms. The summed E-state index contributed by atoms with van der Waals surface area (Å²) in [7, 11) is 0. The fourth-order valence-electron chi connectivity index (χ4n) is 2.73. The van der Waals surface area contributed by atoms with Crippen molar-refractivity contribution in [1.82, 2.24) is 0 Å². The summed E-state index contributed by atoms with van der Waals surface area (Å²) in [5.74, 6) is 1.13. The molecule has 0 heterocycles. The van der Waals surface area contributed by atoms with Crippen molar-refractivity contribution in [3.8, 4) is 0 Å². The molecule has 20 heavy (non-hydrogen) atoms. The van der Waals surface area contributed by atoms with E-state index in [1.165, 1.54) is 31.4 Å². The minimum Gasteiger partial charge on any atom is -0.376 e. The molecule has 1 aromatic carbocycles. The first-order valence-electron chi connectivity index (χ1n) is 6.82. The van der Waals surface area contributed by atoms with Crippen LogP contribution in [-0.2, 0) is 11.3 Å². The highest BCUT2D eigenvalue weighted by molar-refractivity contribution is 9.10. The van der Waals surface area contributed by atoms with Crippen LogP contribution < -0.4 is 5.73 Å². The lowest BCUT2D eigenvalue weighted by atomic mass is 9.97. The van der Waals surface area contributed by atoms with Gasteiger partial charge in [0, 0.05) is 16.6 Å². The Balaban J connectivity index is 1.86. The predicted molar refractivity (Wildman–Crippen MR) is 80.3 cm³/mol. The molecule has 0 radical (unpaired) electrons. The molecule has 1 aliphatic carbocycles. The number of nitrogens with zero attached hydrogens (tertiary/aromatic N) is 1. The highest BCUT2D eigenvalue weighted by Crippen LogP contribution is 2.31. The molecule has 5 nitrogen and oxygen atoms in total. The normalized spacial score (nSPS) is 22.1. The lowest BCUT2D eigenvalue weighted by molar-refractivity contribution is -0.384. The van der Waals surface area contributed by atoms with Crippen molar-refractivity contribution in [2.75, 3.05) is 13.2 Å². The van der Waals surface area contributed by atoms with Crippen molar-refractivity contribution in [3.05, 3.63) is 38.3 Å². The molecule has 0 aromatic heterocycles. The molecule has 1 aliphatic rings. The molecule has 0 amide bonds. The Morgan fingerprint density at radius 1 is 1.40 bits per heavy atom. The fourth-order valence-corrected chi connectivity index (χ4v) is 3.21. The van der Waals surface area contributed by atoms with Gasteiger partial charge < -0.3 is 10.5 Å². The SMILES string of the molecule is NCC1CCCC1COCc1ccc([N+](=O)[O-])cc1Br. The number of nitrogens with two attached hydrogens (primary N) is 1.